The predicted octanol–water partition coefficient (Wildman–Crippen LogP) is 2.40. The topological polar surface area (TPSA) is 98.2 Å². The third-order valence-electron chi connectivity index (χ3n) is 4.75. The van der Waals surface area contributed by atoms with Gasteiger partial charge in [-0.3, -0.25) is 9.59 Å². The van der Waals surface area contributed by atoms with Gasteiger partial charge in [-0.1, -0.05) is 30.3 Å². The first kappa shape index (κ1) is 23.6. The van der Waals surface area contributed by atoms with Gasteiger partial charge in [0, 0.05) is 6.42 Å². The van der Waals surface area contributed by atoms with E-state index in [0.29, 0.717) is 25.8 Å². The molecule has 1 amide bonds. The summed E-state index contributed by atoms with van der Waals surface area (Å²) >= 11 is 0. The van der Waals surface area contributed by atoms with Crippen LogP contribution >= 0.6 is 0 Å². The maximum absolute atomic E-state index is 13.5. The lowest BCUT2D eigenvalue weighted by Gasteiger charge is -2.20. The summed E-state index contributed by atoms with van der Waals surface area (Å²) < 4.78 is 40.1. The van der Waals surface area contributed by atoms with E-state index in [1.807, 2.05) is 30.3 Å². The van der Waals surface area contributed by atoms with E-state index in [1.165, 1.54) is 0 Å². The number of nitrogens with one attached hydrogen (secondary N) is 1. The molecular formula is C22H26F3N3O2. The average Bonchev–Trinajstić information content (AvgIpc) is 2.73. The van der Waals surface area contributed by atoms with Crippen LogP contribution in [0, 0.1) is 17.5 Å². The van der Waals surface area contributed by atoms with Gasteiger partial charge in [-0.25, -0.2) is 13.2 Å². The number of halogens is 3. The Morgan fingerprint density at radius 1 is 0.967 bits per heavy atom. The Bertz CT molecular complexity index is 839. The number of aryl methyl sites for hydroxylation is 1. The van der Waals surface area contributed by atoms with Crippen LogP contribution in [0.4, 0.5) is 13.2 Å². The highest BCUT2D eigenvalue weighted by atomic mass is 19.2. The molecular weight excluding hydrogens is 395 g/mol. The number of ketones is 1. The van der Waals surface area contributed by atoms with Crippen molar-refractivity contribution in [3.63, 3.8) is 0 Å². The number of carbonyl (C=O) groups is 2. The van der Waals surface area contributed by atoms with E-state index in [4.69, 9.17) is 11.5 Å². The van der Waals surface area contributed by atoms with Crippen LogP contribution in [0.3, 0.4) is 0 Å². The molecule has 0 saturated carbocycles. The quantitative estimate of drug-likeness (QED) is 0.485. The first-order chi connectivity index (χ1) is 14.3. The second kappa shape index (κ2) is 11.5. The van der Waals surface area contributed by atoms with E-state index in [9.17, 15) is 22.8 Å². The van der Waals surface area contributed by atoms with Gasteiger partial charge in [0.25, 0.3) is 0 Å². The highest BCUT2D eigenvalue weighted by Gasteiger charge is 2.24. The standard InChI is InChI=1S/C22H26F3N3O2/c23-16-11-15(12-17(24)21(16)25)13-20(29)19(9-8-14-5-2-1-3-6-14)28-22(30)18(27)7-4-10-26/h1-3,5-6,11-12,18-19H,4,7-10,13,26-27H2,(H,28,30)/t18-,19+/m0/s1. The molecule has 0 aliphatic heterocycles. The Hall–Kier alpha value is -2.71. The zero-order valence-electron chi connectivity index (χ0n) is 16.5. The fraction of sp³-hybridized carbons (Fsp3) is 0.364. The first-order valence-corrected chi connectivity index (χ1v) is 9.78. The van der Waals surface area contributed by atoms with Gasteiger partial charge >= 0.3 is 0 Å². The molecule has 0 aliphatic rings. The van der Waals surface area contributed by atoms with Crippen LogP contribution in [0.1, 0.15) is 30.4 Å². The van der Waals surface area contributed by atoms with Crippen LogP contribution in [0.2, 0.25) is 0 Å². The summed E-state index contributed by atoms with van der Waals surface area (Å²) in [6.45, 7) is 0.388. The monoisotopic (exact) mass is 421 g/mol. The molecule has 5 N–H and O–H groups in total. The Morgan fingerprint density at radius 3 is 2.20 bits per heavy atom. The van der Waals surface area contributed by atoms with Gasteiger partial charge in [0.1, 0.15) is 0 Å². The molecule has 2 aromatic rings. The molecule has 2 aromatic carbocycles. The van der Waals surface area contributed by atoms with Crippen molar-refractivity contribution in [2.24, 2.45) is 11.5 Å². The largest absolute Gasteiger partial charge is 0.345 e. The van der Waals surface area contributed by atoms with Crippen LogP contribution in [0.15, 0.2) is 42.5 Å². The van der Waals surface area contributed by atoms with Gasteiger partial charge in [0.15, 0.2) is 23.2 Å². The number of carbonyl (C=O) groups excluding carboxylic acids is 2. The number of nitrogens with two attached hydrogens (primary N) is 2. The minimum atomic E-state index is -1.59. The number of rotatable bonds is 11. The molecule has 0 fully saturated rings. The Morgan fingerprint density at radius 2 is 1.60 bits per heavy atom. The third-order valence-corrected chi connectivity index (χ3v) is 4.75. The van der Waals surface area contributed by atoms with Crippen LogP contribution < -0.4 is 16.8 Å². The molecule has 0 spiro atoms. The lowest BCUT2D eigenvalue weighted by molar-refractivity contribution is -0.128. The number of amides is 1. The summed E-state index contributed by atoms with van der Waals surface area (Å²) in [5.41, 5.74) is 12.2. The van der Waals surface area contributed by atoms with Crippen molar-refractivity contribution in [1.29, 1.82) is 0 Å². The van der Waals surface area contributed by atoms with Crippen molar-refractivity contribution < 1.29 is 22.8 Å². The highest BCUT2D eigenvalue weighted by Crippen LogP contribution is 2.16. The van der Waals surface area contributed by atoms with Crippen LogP contribution in [-0.2, 0) is 22.4 Å². The van der Waals surface area contributed by atoms with E-state index >= 15 is 0 Å². The van der Waals surface area contributed by atoms with Crippen LogP contribution in [0.5, 0.6) is 0 Å². The van der Waals surface area contributed by atoms with E-state index in [0.717, 1.165) is 17.7 Å². The molecule has 2 rings (SSSR count). The molecule has 2 atom stereocenters. The highest BCUT2D eigenvalue weighted by molar-refractivity contribution is 5.91. The Balaban J connectivity index is 2.12. The van der Waals surface area contributed by atoms with Crippen molar-refractivity contribution in [2.45, 2.75) is 44.2 Å². The Kier molecular flexibility index (Phi) is 9.01. The van der Waals surface area contributed by atoms with Crippen molar-refractivity contribution in [1.82, 2.24) is 5.32 Å². The fourth-order valence-corrected chi connectivity index (χ4v) is 3.05. The lowest BCUT2D eigenvalue weighted by atomic mass is 9.97. The summed E-state index contributed by atoms with van der Waals surface area (Å²) in [4.78, 5) is 25.2. The zero-order chi connectivity index (χ0) is 22.1. The molecule has 0 radical (unpaired) electrons. The first-order valence-electron chi connectivity index (χ1n) is 9.78. The van der Waals surface area contributed by atoms with Gasteiger partial charge in [0.2, 0.25) is 5.91 Å². The lowest BCUT2D eigenvalue weighted by Crippen LogP contribution is -2.49. The molecule has 30 heavy (non-hydrogen) atoms. The van der Waals surface area contributed by atoms with Gasteiger partial charge in [-0.2, -0.15) is 0 Å². The number of benzene rings is 2. The number of Topliss-reactive ketones (excluding diaryl/α,β-unsaturated/α-hetero) is 1. The molecule has 0 aliphatic carbocycles. The summed E-state index contributed by atoms with van der Waals surface area (Å²) in [5, 5.41) is 2.64. The summed E-state index contributed by atoms with van der Waals surface area (Å²) in [6.07, 6.45) is 1.36. The van der Waals surface area contributed by atoms with Crippen molar-refractivity contribution in [3.8, 4) is 0 Å². The summed E-state index contributed by atoms with van der Waals surface area (Å²) in [7, 11) is 0. The smallest absolute Gasteiger partial charge is 0.237 e. The normalized spacial score (nSPS) is 13.0. The van der Waals surface area contributed by atoms with Crippen molar-refractivity contribution in [3.05, 3.63) is 71.0 Å². The van der Waals surface area contributed by atoms with E-state index in [2.05, 4.69) is 5.32 Å². The molecule has 0 unspecified atom stereocenters. The SMILES string of the molecule is NCCC[C@H](N)C(=O)N[C@H](CCc1ccccc1)C(=O)Cc1cc(F)c(F)c(F)c1. The van der Waals surface area contributed by atoms with Crippen molar-refractivity contribution in [2.75, 3.05) is 6.54 Å². The number of hydrogen-bond acceptors (Lipinski definition) is 4. The van der Waals surface area contributed by atoms with Crippen LogP contribution in [0.25, 0.3) is 0 Å². The molecule has 5 nitrogen and oxygen atoms in total. The van der Waals surface area contributed by atoms with Crippen LogP contribution in [-0.4, -0.2) is 30.3 Å². The Labute approximate surface area is 173 Å². The van der Waals surface area contributed by atoms with Gasteiger partial charge < -0.3 is 16.8 Å². The summed E-state index contributed by atoms with van der Waals surface area (Å²) in [5.74, 6) is -5.27. The molecule has 0 bridgehead atoms. The maximum Gasteiger partial charge on any atom is 0.237 e. The minimum absolute atomic E-state index is 0.0113. The number of hydrogen-bond donors (Lipinski definition) is 3. The van der Waals surface area contributed by atoms with E-state index in [-0.39, 0.29) is 18.4 Å². The molecule has 162 valence electrons. The zero-order valence-corrected chi connectivity index (χ0v) is 16.5. The molecule has 0 aromatic heterocycles. The second-order valence-corrected chi connectivity index (χ2v) is 7.14. The third kappa shape index (κ3) is 6.96. The van der Waals surface area contributed by atoms with Gasteiger partial charge in [0.05, 0.1) is 12.1 Å². The second-order valence-electron chi connectivity index (χ2n) is 7.14. The molecule has 8 heteroatoms. The van der Waals surface area contributed by atoms with E-state index in [1.54, 1.807) is 0 Å². The maximum atomic E-state index is 13.5. The predicted molar refractivity (Wildman–Crippen MR) is 108 cm³/mol. The molecule has 0 heterocycles. The van der Waals surface area contributed by atoms with Gasteiger partial charge in [-0.15, -0.1) is 0 Å². The molecule has 0 saturated heterocycles. The fourth-order valence-electron chi connectivity index (χ4n) is 3.05. The van der Waals surface area contributed by atoms with Gasteiger partial charge in [-0.05, 0) is 55.5 Å². The minimum Gasteiger partial charge on any atom is -0.345 e. The van der Waals surface area contributed by atoms with Crippen molar-refractivity contribution >= 4 is 11.7 Å². The summed E-state index contributed by atoms with van der Waals surface area (Å²) in [6, 6.07) is 9.19. The van der Waals surface area contributed by atoms with E-state index < -0.39 is 41.2 Å². The average molecular weight is 421 g/mol.